The minimum absolute atomic E-state index is 0.391. The fraction of sp³-hybridized carbons (Fsp3) is 0.0222. The highest BCUT2D eigenvalue weighted by molar-refractivity contribution is 7.99. The Hall–Kier alpha value is -5.55. The van der Waals surface area contributed by atoms with Crippen molar-refractivity contribution in [2.45, 2.75) is 15.2 Å². The zero-order valence-electron chi connectivity index (χ0n) is 26.4. The second-order valence-corrected chi connectivity index (χ2v) is 14.7. The molecule has 49 heavy (non-hydrogen) atoms. The third-order valence-electron chi connectivity index (χ3n) is 9.82. The van der Waals surface area contributed by atoms with Crippen LogP contribution in [0.4, 0.5) is 0 Å². The van der Waals surface area contributed by atoms with Crippen molar-refractivity contribution in [2.24, 2.45) is 0 Å². The Bertz CT molecular complexity index is 2430. The summed E-state index contributed by atoms with van der Waals surface area (Å²) in [5.41, 5.74) is 12.9. The number of thiophene rings is 1. The molecule has 2 aliphatic rings. The number of fused-ring (bicyclic) bond motifs is 9. The topological polar surface area (TPSA) is 25.8 Å². The standard InChI is InChI=1S/C45H28N2S2/c1-3-13-29(14-4-1)38-28-39(30-15-5-2-6-16-30)47-44(46-38)43-26-25-40(48-43)31-23-24-42-37(27-31)45(36-21-11-12-22-41(36)49-42)34-19-9-7-17-32(34)33-18-8-10-20-35(33)45/h1-28H. The van der Waals surface area contributed by atoms with E-state index in [4.69, 9.17) is 9.97 Å². The first-order valence-corrected chi connectivity index (χ1v) is 18.1. The molecule has 0 unspecified atom stereocenters. The predicted molar refractivity (Wildman–Crippen MR) is 203 cm³/mol. The van der Waals surface area contributed by atoms with Crippen LogP contribution >= 0.6 is 23.1 Å². The number of hydrogen-bond donors (Lipinski definition) is 0. The molecular formula is C45H28N2S2. The van der Waals surface area contributed by atoms with Crippen LogP contribution in [0.15, 0.2) is 180 Å². The number of hydrogen-bond acceptors (Lipinski definition) is 4. The molecule has 1 aliphatic carbocycles. The molecule has 10 rings (SSSR count). The SMILES string of the molecule is c1ccc(-c2cc(-c3ccccc3)nc(-c3ccc(-c4ccc5c(c4)C4(c6ccccc6S5)c5ccccc5-c5ccccc54)s3)n2)cc1. The first kappa shape index (κ1) is 28.5. The normalized spacial score (nSPS) is 13.4. The summed E-state index contributed by atoms with van der Waals surface area (Å²) in [4.78, 5) is 15.1. The van der Waals surface area contributed by atoms with Crippen molar-refractivity contribution in [3.63, 3.8) is 0 Å². The van der Waals surface area contributed by atoms with E-state index in [2.05, 4.69) is 158 Å². The summed E-state index contributed by atoms with van der Waals surface area (Å²) in [7, 11) is 0. The van der Waals surface area contributed by atoms with Crippen LogP contribution in [-0.4, -0.2) is 9.97 Å². The molecule has 0 fully saturated rings. The maximum atomic E-state index is 5.11. The molecule has 8 aromatic rings. The Morgan fingerprint density at radius 2 is 0.918 bits per heavy atom. The van der Waals surface area contributed by atoms with E-state index in [1.807, 2.05) is 23.9 Å². The summed E-state index contributed by atoms with van der Waals surface area (Å²) in [6.45, 7) is 0. The van der Waals surface area contributed by atoms with Crippen molar-refractivity contribution in [3.05, 3.63) is 192 Å². The van der Waals surface area contributed by atoms with Crippen molar-refractivity contribution >= 4 is 23.1 Å². The Morgan fingerprint density at radius 1 is 0.388 bits per heavy atom. The van der Waals surface area contributed by atoms with Crippen LogP contribution in [-0.2, 0) is 5.41 Å². The molecule has 0 N–H and O–H groups in total. The molecule has 0 amide bonds. The molecule has 230 valence electrons. The van der Waals surface area contributed by atoms with E-state index in [9.17, 15) is 0 Å². The highest BCUT2D eigenvalue weighted by Crippen LogP contribution is 2.62. The molecular weight excluding hydrogens is 633 g/mol. The van der Waals surface area contributed by atoms with Crippen LogP contribution < -0.4 is 0 Å². The molecule has 1 aliphatic heterocycles. The Kier molecular flexibility index (Phi) is 6.55. The third kappa shape index (κ3) is 4.41. The lowest BCUT2D eigenvalue weighted by molar-refractivity contribution is 0.723. The Labute approximate surface area is 293 Å². The van der Waals surface area contributed by atoms with Crippen LogP contribution in [0.3, 0.4) is 0 Å². The number of benzene rings is 6. The zero-order valence-corrected chi connectivity index (χ0v) is 28.0. The van der Waals surface area contributed by atoms with Crippen LogP contribution in [0, 0.1) is 0 Å². The molecule has 0 saturated heterocycles. The molecule has 2 aromatic heterocycles. The second-order valence-electron chi connectivity index (χ2n) is 12.5. The predicted octanol–water partition coefficient (Wildman–Crippen LogP) is 12.0. The molecule has 0 bridgehead atoms. The van der Waals surface area contributed by atoms with Crippen LogP contribution in [0.2, 0.25) is 0 Å². The average molecular weight is 661 g/mol. The Morgan fingerprint density at radius 3 is 1.57 bits per heavy atom. The van der Waals surface area contributed by atoms with Crippen LogP contribution in [0.25, 0.3) is 54.8 Å². The van der Waals surface area contributed by atoms with E-state index in [1.165, 1.54) is 53.6 Å². The van der Waals surface area contributed by atoms with Gasteiger partial charge in [0.1, 0.15) is 0 Å². The van der Waals surface area contributed by atoms with Gasteiger partial charge in [-0.25, -0.2) is 9.97 Å². The largest absolute Gasteiger partial charge is 0.227 e. The van der Waals surface area contributed by atoms with Gasteiger partial charge in [-0.2, -0.15) is 0 Å². The van der Waals surface area contributed by atoms with Gasteiger partial charge in [0.05, 0.1) is 21.7 Å². The lowest BCUT2D eigenvalue weighted by Gasteiger charge is -2.39. The van der Waals surface area contributed by atoms with Gasteiger partial charge in [0, 0.05) is 25.8 Å². The highest BCUT2D eigenvalue weighted by Gasteiger charge is 2.50. The first-order valence-electron chi connectivity index (χ1n) is 16.5. The van der Waals surface area contributed by atoms with Gasteiger partial charge in [0.25, 0.3) is 0 Å². The molecule has 0 saturated carbocycles. The van der Waals surface area contributed by atoms with Crippen molar-refractivity contribution in [1.29, 1.82) is 0 Å². The minimum atomic E-state index is -0.391. The molecule has 0 radical (unpaired) electrons. The van der Waals surface area contributed by atoms with E-state index in [0.717, 1.165) is 33.2 Å². The van der Waals surface area contributed by atoms with E-state index in [-0.39, 0.29) is 0 Å². The van der Waals surface area contributed by atoms with Crippen molar-refractivity contribution in [1.82, 2.24) is 9.97 Å². The molecule has 3 heterocycles. The molecule has 2 nitrogen and oxygen atoms in total. The summed E-state index contributed by atoms with van der Waals surface area (Å²) in [6.07, 6.45) is 0. The smallest absolute Gasteiger partial charge is 0.170 e. The summed E-state index contributed by atoms with van der Waals surface area (Å²) in [6, 6.07) is 61.3. The molecule has 6 aromatic carbocycles. The van der Waals surface area contributed by atoms with Crippen LogP contribution in [0.1, 0.15) is 22.3 Å². The van der Waals surface area contributed by atoms with Crippen molar-refractivity contribution < 1.29 is 0 Å². The maximum Gasteiger partial charge on any atom is 0.170 e. The summed E-state index contributed by atoms with van der Waals surface area (Å²) in [5, 5.41) is 0. The number of rotatable bonds is 4. The van der Waals surface area contributed by atoms with Gasteiger partial charge in [-0.3, -0.25) is 0 Å². The fourth-order valence-corrected chi connectivity index (χ4v) is 9.80. The minimum Gasteiger partial charge on any atom is -0.227 e. The monoisotopic (exact) mass is 660 g/mol. The molecule has 4 heteroatoms. The van der Waals surface area contributed by atoms with Gasteiger partial charge >= 0.3 is 0 Å². The zero-order chi connectivity index (χ0) is 32.4. The lowest BCUT2D eigenvalue weighted by Crippen LogP contribution is -2.32. The average Bonchev–Trinajstić information content (AvgIpc) is 3.79. The van der Waals surface area contributed by atoms with Gasteiger partial charge < -0.3 is 0 Å². The number of aromatic nitrogens is 2. The van der Waals surface area contributed by atoms with E-state index in [1.54, 1.807) is 11.3 Å². The summed E-state index contributed by atoms with van der Waals surface area (Å²) in [5.74, 6) is 0.744. The molecule has 0 atom stereocenters. The van der Waals surface area contributed by atoms with Gasteiger partial charge in [-0.15, -0.1) is 11.3 Å². The maximum absolute atomic E-state index is 5.11. The van der Waals surface area contributed by atoms with Crippen LogP contribution in [0.5, 0.6) is 0 Å². The Balaban J connectivity index is 1.14. The van der Waals surface area contributed by atoms with Crippen molar-refractivity contribution in [2.75, 3.05) is 0 Å². The van der Waals surface area contributed by atoms with E-state index < -0.39 is 5.41 Å². The van der Waals surface area contributed by atoms with E-state index >= 15 is 0 Å². The second kappa shape index (κ2) is 11.3. The molecule has 1 spiro atoms. The van der Waals surface area contributed by atoms with Gasteiger partial charge in [0.2, 0.25) is 0 Å². The van der Waals surface area contributed by atoms with Gasteiger partial charge in [-0.05, 0) is 75.3 Å². The fourth-order valence-electron chi connectivity index (χ4n) is 7.69. The first-order chi connectivity index (χ1) is 24.3. The quantitative estimate of drug-likeness (QED) is 0.188. The van der Waals surface area contributed by atoms with Gasteiger partial charge in [-0.1, -0.05) is 145 Å². The van der Waals surface area contributed by atoms with Crippen molar-refractivity contribution in [3.8, 4) is 54.8 Å². The number of nitrogens with zero attached hydrogens (tertiary/aromatic N) is 2. The third-order valence-corrected chi connectivity index (χ3v) is 12.1. The lowest BCUT2D eigenvalue weighted by atomic mass is 9.67. The van der Waals surface area contributed by atoms with E-state index in [0.29, 0.717) is 0 Å². The summed E-state index contributed by atoms with van der Waals surface area (Å²) >= 11 is 3.63. The summed E-state index contributed by atoms with van der Waals surface area (Å²) < 4.78 is 0. The highest BCUT2D eigenvalue weighted by atomic mass is 32.2. The van der Waals surface area contributed by atoms with Gasteiger partial charge in [0.15, 0.2) is 5.82 Å².